The van der Waals surface area contributed by atoms with Crippen LogP contribution >= 0.6 is 0 Å². The predicted octanol–water partition coefficient (Wildman–Crippen LogP) is 3.82. The Balaban J connectivity index is 1.88. The smallest absolute Gasteiger partial charge is 0.119 e. The number of rotatable bonds is 5. The molecule has 2 heteroatoms. The Bertz CT molecular complexity index is 381. The highest BCUT2D eigenvalue weighted by molar-refractivity contribution is 5.28. The van der Waals surface area contributed by atoms with Crippen LogP contribution in [0.2, 0.25) is 0 Å². The Kier molecular flexibility index (Phi) is 5.26. The fourth-order valence-electron chi connectivity index (χ4n) is 3.19. The van der Waals surface area contributed by atoms with Gasteiger partial charge in [0.25, 0.3) is 0 Å². The molecule has 0 saturated heterocycles. The minimum absolute atomic E-state index is 0.204. The molecule has 1 saturated carbocycles. The van der Waals surface area contributed by atoms with Crippen LogP contribution in [0.3, 0.4) is 0 Å². The summed E-state index contributed by atoms with van der Waals surface area (Å²) >= 11 is 0. The first kappa shape index (κ1) is 14.4. The van der Waals surface area contributed by atoms with E-state index in [-0.39, 0.29) is 6.10 Å². The van der Waals surface area contributed by atoms with Gasteiger partial charge >= 0.3 is 0 Å². The summed E-state index contributed by atoms with van der Waals surface area (Å²) in [6.07, 6.45) is 6.78. The van der Waals surface area contributed by atoms with E-state index in [4.69, 9.17) is 4.74 Å². The summed E-state index contributed by atoms with van der Waals surface area (Å²) < 4.78 is 5.23. The standard InChI is InChI=1S/C17H26O2/c1-3-13-7-9-15(10-8-13)17(18)12-14-5-4-6-16(11-14)19-2/h4-6,11,13,15,17-18H,3,7-10,12H2,1-2H3. The van der Waals surface area contributed by atoms with Gasteiger partial charge in [0, 0.05) is 0 Å². The molecule has 0 radical (unpaired) electrons. The van der Waals surface area contributed by atoms with Crippen LogP contribution in [0, 0.1) is 11.8 Å². The summed E-state index contributed by atoms with van der Waals surface area (Å²) in [6.45, 7) is 2.28. The lowest BCUT2D eigenvalue weighted by Gasteiger charge is -2.31. The second kappa shape index (κ2) is 6.95. The predicted molar refractivity (Wildman–Crippen MR) is 78.4 cm³/mol. The molecule has 1 N–H and O–H groups in total. The number of hydrogen-bond acceptors (Lipinski definition) is 2. The lowest BCUT2D eigenvalue weighted by atomic mass is 9.77. The van der Waals surface area contributed by atoms with Crippen molar-refractivity contribution in [1.82, 2.24) is 0 Å². The topological polar surface area (TPSA) is 29.5 Å². The Morgan fingerprint density at radius 2 is 2.00 bits per heavy atom. The molecule has 1 aliphatic carbocycles. The van der Waals surface area contributed by atoms with E-state index < -0.39 is 0 Å². The summed E-state index contributed by atoms with van der Waals surface area (Å²) in [4.78, 5) is 0. The largest absolute Gasteiger partial charge is 0.497 e. The molecule has 1 aliphatic rings. The Morgan fingerprint density at radius 3 is 2.63 bits per heavy atom. The maximum absolute atomic E-state index is 10.4. The van der Waals surface area contributed by atoms with Crippen LogP contribution in [0.4, 0.5) is 0 Å². The zero-order chi connectivity index (χ0) is 13.7. The van der Waals surface area contributed by atoms with Crippen molar-refractivity contribution in [3.63, 3.8) is 0 Å². The fourth-order valence-corrected chi connectivity index (χ4v) is 3.19. The van der Waals surface area contributed by atoms with Gasteiger partial charge in [-0.1, -0.05) is 38.3 Å². The molecule has 0 bridgehead atoms. The first-order chi connectivity index (χ1) is 9.22. The van der Waals surface area contributed by atoms with Crippen LogP contribution in [0.1, 0.15) is 44.6 Å². The number of benzene rings is 1. The molecule has 0 aromatic heterocycles. The molecule has 1 atom stereocenters. The molecule has 1 aromatic carbocycles. The van der Waals surface area contributed by atoms with E-state index in [0.717, 1.165) is 18.1 Å². The molecule has 2 nitrogen and oxygen atoms in total. The molecule has 1 fully saturated rings. The zero-order valence-corrected chi connectivity index (χ0v) is 12.1. The van der Waals surface area contributed by atoms with E-state index in [0.29, 0.717) is 5.92 Å². The number of hydrogen-bond donors (Lipinski definition) is 1. The third kappa shape index (κ3) is 3.97. The normalized spacial score (nSPS) is 25.0. The minimum Gasteiger partial charge on any atom is -0.497 e. The monoisotopic (exact) mass is 262 g/mol. The van der Waals surface area contributed by atoms with Crippen molar-refractivity contribution in [1.29, 1.82) is 0 Å². The molecular formula is C17H26O2. The Hall–Kier alpha value is -1.02. The van der Waals surface area contributed by atoms with Crippen molar-refractivity contribution in [2.24, 2.45) is 11.8 Å². The van der Waals surface area contributed by atoms with Crippen molar-refractivity contribution in [3.05, 3.63) is 29.8 Å². The van der Waals surface area contributed by atoms with E-state index in [1.807, 2.05) is 18.2 Å². The number of methoxy groups -OCH3 is 1. The SMILES string of the molecule is CCC1CCC(C(O)Cc2cccc(OC)c2)CC1. The average molecular weight is 262 g/mol. The van der Waals surface area contributed by atoms with Gasteiger partial charge in [0.15, 0.2) is 0 Å². The van der Waals surface area contributed by atoms with Crippen LogP contribution in [-0.4, -0.2) is 18.3 Å². The molecule has 2 rings (SSSR count). The maximum Gasteiger partial charge on any atom is 0.119 e. The summed E-state index contributed by atoms with van der Waals surface area (Å²) in [5, 5.41) is 10.4. The quantitative estimate of drug-likeness (QED) is 0.874. The van der Waals surface area contributed by atoms with E-state index in [2.05, 4.69) is 13.0 Å². The second-order valence-electron chi connectivity index (χ2n) is 5.81. The lowest BCUT2D eigenvalue weighted by molar-refractivity contribution is 0.0735. The fraction of sp³-hybridized carbons (Fsp3) is 0.647. The molecule has 106 valence electrons. The van der Waals surface area contributed by atoms with Crippen molar-refractivity contribution in [2.45, 2.75) is 51.6 Å². The van der Waals surface area contributed by atoms with Gasteiger partial charge in [-0.15, -0.1) is 0 Å². The van der Waals surface area contributed by atoms with Crippen molar-refractivity contribution >= 4 is 0 Å². The summed E-state index contributed by atoms with van der Waals surface area (Å²) in [5.74, 6) is 2.24. The van der Waals surface area contributed by atoms with Gasteiger partial charge < -0.3 is 9.84 Å². The maximum atomic E-state index is 10.4. The lowest BCUT2D eigenvalue weighted by Crippen LogP contribution is -2.27. The summed E-state index contributed by atoms with van der Waals surface area (Å²) in [7, 11) is 1.68. The van der Waals surface area contributed by atoms with Crippen LogP contribution in [0.15, 0.2) is 24.3 Å². The van der Waals surface area contributed by atoms with E-state index in [9.17, 15) is 5.11 Å². The van der Waals surface area contributed by atoms with Gasteiger partial charge in [-0.25, -0.2) is 0 Å². The molecular weight excluding hydrogens is 236 g/mol. The first-order valence-corrected chi connectivity index (χ1v) is 7.54. The number of aliphatic hydroxyl groups is 1. The van der Waals surface area contributed by atoms with Crippen molar-refractivity contribution in [3.8, 4) is 5.75 Å². The third-order valence-electron chi connectivity index (χ3n) is 4.59. The average Bonchev–Trinajstić information content (AvgIpc) is 2.47. The Labute approximate surface area is 116 Å². The van der Waals surface area contributed by atoms with Gasteiger partial charge in [-0.3, -0.25) is 0 Å². The van der Waals surface area contributed by atoms with Gasteiger partial charge in [0.05, 0.1) is 13.2 Å². The van der Waals surface area contributed by atoms with Crippen LogP contribution < -0.4 is 4.74 Å². The van der Waals surface area contributed by atoms with E-state index in [1.54, 1.807) is 7.11 Å². The number of aliphatic hydroxyl groups excluding tert-OH is 1. The van der Waals surface area contributed by atoms with Crippen LogP contribution in [0.5, 0.6) is 5.75 Å². The zero-order valence-electron chi connectivity index (χ0n) is 12.1. The Morgan fingerprint density at radius 1 is 1.26 bits per heavy atom. The molecule has 0 heterocycles. The number of ether oxygens (including phenoxy) is 1. The van der Waals surface area contributed by atoms with Gasteiger partial charge in [-0.05, 0) is 48.8 Å². The highest BCUT2D eigenvalue weighted by atomic mass is 16.5. The molecule has 1 unspecified atom stereocenters. The van der Waals surface area contributed by atoms with Crippen LogP contribution in [-0.2, 0) is 6.42 Å². The first-order valence-electron chi connectivity index (χ1n) is 7.54. The highest BCUT2D eigenvalue weighted by Crippen LogP contribution is 2.33. The third-order valence-corrected chi connectivity index (χ3v) is 4.59. The molecule has 0 spiro atoms. The van der Waals surface area contributed by atoms with Crippen molar-refractivity contribution < 1.29 is 9.84 Å². The van der Waals surface area contributed by atoms with E-state index in [1.165, 1.54) is 37.7 Å². The molecule has 0 amide bonds. The second-order valence-corrected chi connectivity index (χ2v) is 5.81. The van der Waals surface area contributed by atoms with E-state index >= 15 is 0 Å². The van der Waals surface area contributed by atoms with Crippen LogP contribution in [0.25, 0.3) is 0 Å². The molecule has 0 aliphatic heterocycles. The minimum atomic E-state index is -0.204. The summed E-state index contributed by atoms with van der Waals surface area (Å²) in [5.41, 5.74) is 1.17. The summed E-state index contributed by atoms with van der Waals surface area (Å²) in [6, 6.07) is 8.04. The molecule has 19 heavy (non-hydrogen) atoms. The van der Waals surface area contributed by atoms with Gasteiger partial charge in [0.2, 0.25) is 0 Å². The molecule has 1 aromatic rings. The highest BCUT2D eigenvalue weighted by Gasteiger charge is 2.25. The van der Waals surface area contributed by atoms with Gasteiger partial charge in [0.1, 0.15) is 5.75 Å². The van der Waals surface area contributed by atoms with Crippen molar-refractivity contribution in [2.75, 3.05) is 7.11 Å². The van der Waals surface area contributed by atoms with Gasteiger partial charge in [-0.2, -0.15) is 0 Å².